The van der Waals surface area contributed by atoms with Crippen molar-refractivity contribution in [3.63, 3.8) is 0 Å². The summed E-state index contributed by atoms with van der Waals surface area (Å²) in [7, 11) is 1.28. The summed E-state index contributed by atoms with van der Waals surface area (Å²) < 4.78 is 10.2. The first-order valence-corrected chi connectivity index (χ1v) is 11.0. The average molecular weight is 484 g/mol. The first-order valence-electron chi connectivity index (χ1n) is 11.0. The van der Waals surface area contributed by atoms with E-state index in [4.69, 9.17) is 4.74 Å². The molecule has 0 atom stereocenters. The number of nitrogens with one attached hydrogen (secondary N) is 2. The van der Waals surface area contributed by atoms with Gasteiger partial charge in [-0.3, -0.25) is 9.59 Å². The van der Waals surface area contributed by atoms with Crippen LogP contribution in [0, 0.1) is 25.2 Å². The summed E-state index contributed by atoms with van der Waals surface area (Å²) in [5.41, 5.74) is 3.96. The second-order valence-electron chi connectivity index (χ2n) is 7.85. The van der Waals surface area contributed by atoms with Crippen molar-refractivity contribution in [1.82, 2.24) is 0 Å². The van der Waals surface area contributed by atoms with Crippen molar-refractivity contribution in [3.05, 3.63) is 94.6 Å². The Bertz CT molecular complexity index is 1350. The molecule has 0 fully saturated rings. The monoisotopic (exact) mass is 483 g/mol. The molecule has 0 aliphatic carbocycles. The van der Waals surface area contributed by atoms with Crippen LogP contribution in [0.4, 0.5) is 11.4 Å². The van der Waals surface area contributed by atoms with Gasteiger partial charge in [-0.25, -0.2) is 4.79 Å². The highest BCUT2D eigenvalue weighted by atomic mass is 16.5. The molecular formula is C28H25N3O5. The molecule has 0 aliphatic rings. The molecule has 0 unspecified atom stereocenters. The predicted octanol–water partition coefficient (Wildman–Crippen LogP) is 4.65. The maximum absolute atomic E-state index is 12.6. The van der Waals surface area contributed by atoms with Gasteiger partial charge in [-0.15, -0.1) is 0 Å². The highest BCUT2D eigenvalue weighted by molar-refractivity contribution is 6.09. The summed E-state index contributed by atoms with van der Waals surface area (Å²) in [6, 6.07) is 20.4. The van der Waals surface area contributed by atoms with Crippen LogP contribution in [0.1, 0.15) is 27.0 Å². The molecule has 0 saturated carbocycles. The van der Waals surface area contributed by atoms with E-state index in [2.05, 4.69) is 15.4 Å². The van der Waals surface area contributed by atoms with E-state index in [0.29, 0.717) is 22.6 Å². The fourth-order valence-corrected chi connectivity index (χ4v) is 3.24. The number of nitrogens with zero attached hydrogens (tertiary/aromatic N) is 1. The van der Waals surface area contributed by atoms with Gasteiger partial charge in [0.1, 0.15) is 17.4 Å². The largest absolute Gasteiger partial charge is 0.484 e. The Hall–Kier alpha value is -4.90. The maximum atomic E-state index is 12.6. The number of aryl methyl sites for hydroxylation is 1. The smallest absolute Gasteiger partial charge is 0.337 e. The van der Waals surface area contributed by atoms with Crippen molar-refractivity contribution in [2.75, 3.05) is 24.4 Å². The highest BCUT2D eigenvalue weighted by Crippen LogP contribution is 2.19. The van der Waals surface area contributed by atoms with Crippen LogP contribution in [-0.4, -0.2) is 31.5 Å². The molecule has 8 heteroatoms. The average Bonchev–Trinajstić information content (AvgIpc) is 2.89. The van der Waals surface area contributed by atoms with Gasteiger partial charge in [-0.05, 0) is 79.1 Å². The third-order valence-electron chi connectivity index (χ3n) is 5.35. The van der Waals surface area contributed by atoms with Crippen molar-refractivity contribution in [2.24, 2.45) is 0 Å². The molecule has 8 nitrogen and oxygen atoms in total. The third-order valence-corrected chi connectivity index (χ3v) is 5.35. The Morgan fingerprint density at radius 1 is 0.972 bits per heavy atom. The number of hydrogen-bond donors (Lipinski definition) is 2. The number of rotatable bonds is 8. The van der Waals surface area contributed by atoms with E-state index in [0.717, 1.165) is 16.8 Å². The molecule has 0 aromatic heterocycles. The summed E-state index contributed by atoms with van der Waals surface area (Å²) in [6.45, 7) is 3.70. The summed E-state index contributed by atoms with van der Waals surface area (Å²) in [5, 5.41) is 14.9. The fraction of sp³-hybridized carbons (Fsp3) is 0.143. The predicted molar refractivity (Wildman–Crippen MR) is 136 cm³/mol. The molecule has 0 saturated heterocycles. The molecule has 0 heterocycles. The Balaban J connectivity index is 1.63. The lowest BCUT2D eigenvalue weighted by Gasteiger charge is -2.11. The molecule has 0 radical (unpaired) electrons. The number of esters is 1. The minimum Gasteiger partial charge on any atom is -0.484 e. The van der Waals surface area contributed by atoms with E-state index in [-0.39, 0.29) is 18.1 Å². The minimum atomic E-state index is -0.609. The number of carbonyl (C=O) groups is 3. The van der Waals surface area contributed by atoms with E-state index in [1.165, 1.54) is 37.5 Å². The van der Waals surface area contributed by atoms with E-state index < -0.39 is 11.9 Å². The molecule has 0 spiro atoms. The molecule has 2 amide bonds. The second-order valence-corrected chi connectivity index (χ2v) is 7.85. The number of amides is 2. The minimum absolute atomic E-state index is 0.128. The standard InChI is InChI=1S/C28H25N3O5/c1-18-6-4-9-25(19(18)2)31-26(32)17-36-24-8-5-7-20(15-24)14-22(16-29)27(33)30-23-12-10-21(11-13-23)28(34)35-3/h4-15H,17H2,1-3H3,(H,30,33)(H,31,32)/b22-14-. The van der Waals surface area contributed by atoms with E-state index in [1.54, 1.807) is 24.3 Å². The van der Waals surface area contributed by atoms with Gasteiger partial charge in [0, 0.05) is 11.4 Å². The normalized spacial score (nSPS) is 10.7. The lowest BCUT2D eigenvalue weighted by atomic mass is 10.1. The van der Waals surface area contributed by atoms with Gasteiger partial charge in [-0.2, -0.15) is 5.26 Å². The Kier molecular flexibility index (Phi) is 8.57. The van der Waals surface area contributed by atoms with Gasteiger partial charge in [-0.1, -0.05) is 24.3 Å². The molecule has 182 valence electrons. The molecule has 0 bridgehead atoms. The quantitative estimate of drug-likeness (QED) is 0.274. The van der Waals surface area contributed by atoms with Crippen LogP contribution in [0.15, 0.2) is 72.3 Å². The Morgan fingerprint density at radius 2 is 1.69 bits per heavy atom. The number of methoxy groups -OCH3 is 1. The second kappa shape index (κ2) is 12.0. The number of carbonyl (C=O) groups excluding carboxylic acids is 3. The van der Waals surface area contributed by atoms with Crippen LogP contribution in [0.5, 0.6) is 5.75 Å². The van der Waals surface area contributed by atoms with Gasteiger partial charge in [0.15, 0.2) is 6.61 Å². The van der Waals surface area contributed by atoms with Crippen LogP contribution in [0.3, 0.4) is 0 Å². The molecule has 3 rings (SSSR count). The number of hydrogen-bond acceptors (Lipinski definition) is 6. The molecule has 0 aliphatic heterocycles. The van der Waals surface area contributed by atoms with Gasteiger partial charge in [0.05, 0.1) is 12.7 Å². The fourth-order valence-electron chi connectivity index (χ4n) is 3.24. The van der Waals surface area contributed by atoms with Crippen LogP contribution in [-0.2, 0) is 14.3 Å². The zero-order valence-electron chi connectivity index (χ0n) is 20.1. The van der Waals surface area contributed by atoms with Crippen molar-refractivity contribution < 1.29 is 23.9 Å². The number of nitriles is 1. The zero-order chi connectivity index (χ0) is 26.1. The Labute approximate surface area is 209 Å². The zero-order valence-corrected chi connectivity index (χ0v) is 20.1. The lowest BCUT2D eigenvalue weighted by molar-refractivity contribution is -0.118. The van der Waals surface area contributed by atoms with Crippen LogP contribution < -0.4 is 15.4 Å². The first kappa shape index (κ1) is 25.7. The summed E-state index contributed by atoms with van der Waals surface area (Å²) >= 11 is 0. The van der Waals surface area contributed by atoms with Gasteiger partial charge in [0.2, 0.25) is 0 Å². The SMILES string of the molecule is COC(=O)c1ccc(NC(=O)/C(C#N)=C\c2cccc(OCC(=O)Nc3cccc(C)c3C)c2)cc1. The van der Waals surface area contributed by atoms with Crippen molar-refractivity contribution in [1.29, 1.82) is 5.26 Å². The highest BCUT2D eigenvalue weighted by Gasteiger charge is 2.12. The van der Waals surface area contributed by atoms with Gasteiger partial charge >= 0.3 is 5.97 Å². The van der Waals surface area contributed by atoms with Crippen LogP contribution >= 0.6 is 0 Å². The molecule has 2 N–H and O–H groups in total. The van der Waals surface area contributed by atoms with Gasteiger partial charge < -0.3 is 20.1 Å². The summed E-state index contributed by atoms with van der Waals surface area (Å²) in [4.78, 5) is 36.4. The number of benzene rings is 3. The third kappa shape index (κ3) is 6.81. The maximum Gasteiger partial charge on any atom is 0.337 e. The summed E-state index contributed by atoms with van der Waals surface area (Å²) in [5.74, 6) is -0.992. The molecular weight excluding hydrogens is 458 g/mol. The van der Waals surface area contributed by atoms with Crippen molar-refractivity contribution in [3.8, 4) is 11.8 Å². The van der Waals surface area contributed by atoms with E-state index >= 15 is 0 Å². The van der Waals surface area contributed by atoms with Gasteiger partial charge in [0.25, 0.3) is 11.8 Å². The van der Waals surface area contributed by atoms with Crippen molar-refractivity contribution >= 4 is 35.2 Å². The van der Waals surface area contributed by atoms with E-state index in [1.807, 2.05) is 38.1 Å². The topological polar surface area (TPSA) is 118 Å². The van der Waals surface area contributed by atoms with Crippen molar-refractivity contribution in [2.45, 2.75) is 13.8 Å². The van der Waals surface area contributed by atoms with E-state index in [9.17, 15) is 19.6 Å². The number of anilines is 2. The molecule has 3 aromatic rings. The number of ether oxygens (including phenoxy) is 2. The van der Waals surface area contributed by atoms with Crippen LogP contribution in [0.25, 0.3) is 6.08 Å². The molecule has 36 heavy (non-hydrogen) atoms. The summed E-state index contributed by atoms with van der Waals surface area (Å²) in [6.07, 6.45) is 1.42. The van der Waals surface area contributed by atoms with Crippen LogP contribution in [0.2, 0.25) is 0 Å². The lowest BCUT2D eigenvalue weighted by Crippen LogP contribution is -2.20. The molecule has 3 aromatic carbocycles. The Morgan fingerprint density at radius 3 is 2.39 bits per heavy atom. The first-order chi connectivity index (χ1) is 17.3.